The Morgan fingerprint density at radius 3 is 2.32 bits per heavy atom. The van der Waals surface area contributed by atoms with Crippen LogP contribution in [0, 0.1) is 5.82 Å². The summed E-state index contributed by atoms with van der Waals surface area (Å²) >= 11 is 0. The Labute approximate surface area is 115 Å². The van der Waals surface area contributed by atoms with Crippen LogP contribution in [0.15, 0.2) is 24.3 Å². The number of piperazine rings is 1. The van der Waals surface area contributed by atoms with Crippen LogP contribution in [0.3, 0.4) is 0 Å². The molecule has 4 heteroatoms. The van der Waals surface area contributed by atoms with E-state index in [1.54, 1.807) is 0 Å². The molecule has 19 heavy (non-hydrogen) atoms. The van der Waals surface area contributed by atoms with Crippen molar-refractivity contribution >= 4 is 5.69 Å². The van der Waals surface area contributed by atoms with Crippen molar-refractivity contribution in [1.82, 2.24) is 4.90 Å². The van der Waals surface area contributed by atoms with Crippen molar-refractivity contribution in [3.63, 3.8) is 0 Å². The van der Waals surface area contributed by atoms with Gasteiger partial charge in [-0.1, -0.05) is 0 Å². The van der Waals surface area contributed by atoms with Crippen LogP contribution in [0.2, 0.25) is 0 Å². The summed E-state index contributed by atoms with van der Waals surface area (Å²) in [6.45, 7) is 9.99. The normalized spacial score (nSPS) is 17.2. The van der Waals surface area contributed by atoms with Crippen LogP contribution in [0.5, 0.6) is 0 Å². The predicted molar refractivity (Wildman–Crippen MR) is 76.1 cm³/mol. The number of benzene rings is 1. The summed E-state index contributed by atoms with van der Waals surface area (Å²) in [5.74, 6) is -0.173. The second kappa shape index (κ2) is 6.87. The van der Waals surface area contributed by atoms with Gasteiger partial charge < -0.3 is 9.64 Å². The van der Waals surface area contributed by atoms with Crippen molar-refractivity contribution < 1.29 is 9.13 Å². The van der Waals surface area contributed by atoms with Crippen molar-refractivity contribution in [2.45, 2.75) is 20.0 Å². The lowest BCUT2D eigenvalue weighted by Gasteiger charge is -2.36. The van der Waals surface area contributed by atoms with Crippen molar-refractivity contribution in [2.75, 3.05) is 44.2 Å². The third-order valence-electron chi connectivity index (χ3n) is 3.42. The first-order chi connectivity index (χ1) is 9.15. The lowest BCUT2D eigenvalue weighted by molar-refractivity contribution is 0.0579. The molecular formula is C15H23FN2O. The van der Waals surface area contributed by atoms with Gasteiger partial charge in [-0.2, -0.15) is 0 Å². The fourth-order valence-corrected chi connectivity index (χ4v) is 2.30. The van der Waals surface area contributed by atoms with Crippen molar-refractivity contribution in [2.24, 2.45) is 0 Å². The van der Waals surface area contributed by atoms with Crippen LogP contribution in [0.4, 0.5) is 10.1 Å². The van der Waals surface area contributed by atoms with Gasteiger partial charge >= 0.3 is 0 Å². The van der Waals surface area contributed by atoms with E-state index < -0.39 is 0 Å². The molecule has 1 aromatic carbocycles. The third-order valence-corrected chi connectivity index (χ3v) is 3.42. The van der Waals surface area contributed by atoms with E-state index in [9.17, 15) is 4.39 Å². The molecule has 2 rings (SSSR count). The molecule has 1 saturated heterocycles. The molecule has 0 unspecified atom stereocenters. The molecule has 0 spiro atoms. The SMILES string of the molecule is CC(C)OCCN1CCN(c2ccc(F)cc2)CC1. The van der Waals surface area contributed by atoms with E-state index in [0.29, 0.717) is 6.10 Å². The van der Waals surface area contributed by atoms with Crippen LogP contribution < -0.4 is 4.90 Å². The number of anilines is 1. The van der Waals surface area contributed by atoms with Gasteiger partial charge in [-0.25, -0.2) is 4.39 Å². The van der Waals surface area contributed by atoms with Gasteiger partial charge in [0.2, 0.25) is 0 Å². The predicted octanol–water partition coefficient (Wildman–Crippen LogP) is 2.37. The van der Waals surface area contributed by atoms with Gasteiger partial charge in [-0.05, 0) is 38.1 Å². The molecule has 0 N–H and O–H groups in total. The Morgan fingerprint density at radius 2 is 1.74 bits per heavy atom. The van der Waals surface area contributed by atoms with Crippen molar-refractivity contribution in [3.8, 4) is 0 Å². The number of hydrogen-bond acceptors (Lipinski definition) is 3. The van der Waals surface area contributed by atoms with E-state index in [2.05, 4.69) is 23.6 Å². The number of nitrogens with zero attached hydrogens (tertiary/aromatic N) is 2. The first-order valence-corrected chi connectivity index (χ1v) is 6.99. The van der Waals surface area contributed by atoms with E-state index in [0.717, 1.165) is 45.0 Å². The van der Waals surface area contributed by atoms with Gasteiger partial charge in [0.15, 0.2) is 0 Å². The first-order valence-electron chi connectivity index (χ1n) is 6.99. The number of ether oxygens (including phenoxy) is 1. The fourth-order valence-electron chi connectivity index (χ4n) is 2.30. The lowest BCUT2D eigenvalue weighted by Crippen LogP contribution is -2.47. The molecule has 0 aliphatic carbocycles. The molecule has 0 bridgehead atoms. The highest BCUT2D eigenvalue weighted by atomic mass is 19.1. The number of rotatable bonds is 5. The molecule has 1 heterocycles. The van der Waals surface area contributed by atoms with Crippen LogP contribution in [0.1, 0.15) is 13.8 Å². The number of halogens is 1. The Balaban J connectivity index is 1.74. The quantitative estimate of drug-likeness (QED) is 0.814. The molecule has 0 atom stereocenters. The average molecular weight is 266 g/mol. The van der Waals surface area contributed by atoms with Gasteiger partial charge in [0.1, 0.15) is 5.82 Å². The Kier molecular flexibility index (Phi) is 5.16. The summed E-state index contributed by atoms with van der Waals surface area (Å²) in [7, 11) is 0. The largest absolute Gasteiger partial charge is 0.377 e. The molecule has 106 valence electrons. The van der Waals surface area contributed by atoms with E-state index in [4.69, 9.17) is 4.74 Å². The molecule has 1 aromatic rings. The summed E-state index contributed by atoms with van der Waals surface area (Å²) in [6, 6.07) is 6.76. The second-order valence-electron chi connectivity index (χ2n) is 5.22. The van der Waals surface area contributed by atoms with Gasteiger partial charge in [0, 0.05) is 38.4 Å². The zero-order chi connectivity index (χ0) is 13.7. The van der Waals surface area contributed by atoms with Crippen molar-refractivity contribution in [1.29, 1.82) is 0 Å². The molecule has 1 aliphatic heterocycles. The minimum Gasteiger partial charge on any atom is -0.377 e. The van der Waals surface area contributed by atoms with E-state index in [1.165, 1.54) is 12.1 Å². The Bertz CT molecular complexity index is 372. The van der Waals surface area contributed by atoms with Gasteiger partial charge in [0.05, 0.1) is 12.7 Å². The Morgan fingerprint density at radius 1 is 1.11 bits per heavy atom. The van der Waals surface area contributed by atoms with Gasteiger partial charge in [0.25, 0.3) is 0 Å². The highest BCUT2D eigenvalue weighted by molar-refractivity contribution is 5.46. The Hall–Kier alpha value is -1.13. The highest BCUT2D eigenvalue weighted by Gasteiger charge is 2.16. The topological polar surface area (TPSA) is 15.7 Å². The summed E-state index contributed by atoms with van der Waals surface area (Å²) in [4.78, 5) is 4.72. The standard InChI is InChI=1S/C15H23FN2O/c1-13(2)19-12-11-17-7-9-18(10-8-17)15-5-3-14(16)4-6-15/h3-6,13H,7-12H2,1-2H3. The maximum atomic E-state index is 12.9. The minimum absolute atomic E-state index is 0.173. The summed E-state index contributed by atoms with van der Waals surface area (Å²) in [5, 5.41) is 0. The average Bonchev–Trinajstić information content (AvgIpc) is 2.40. The summed E-state index contributed by atoms with van der Waals surface area (Å²) in [6.07, 6.45) is 0.306. The number of hydrogen-bond donors (Lipinski definition) is 0. The zero-order valence-corrected chi connectivity index (χ0v) is 11.8. The molecule has 1 aliphatic rings. The second-order valence-corrected chi connectivity index (χ2v) is 5.22. The van der Waals surface area contributed by atoms with E-state index >= 15 is 0 Å². The molecule has 0 aromatic heterocycles. The van der Waals surface area contributed by atoms with Gasteiger partial charge in [-0.15, -0.1) is 0 Å². The monoisotopic (exact) mass is 266 g/mol. The van der Waals surface area contributed by atoms with Crippen LogP contribution in [0.25, 0.3) is 0 Å². The molecule has 3 nitrogen and oxygen atoms in total. The lowest BCUT2D eigenvalue weighted by atomic mass is 10.2. The maximum absolute atomic E-state index is 12.9. The minimum atomic E-state index is -0.173. The van der Waals surface area contributed by atoms with Gasteiger partial charge in [-0.3, -0.25) is 4.90 Å². The van der Waals surface area contributed by atoms with Crippen molar-refractivity contribution in [3.05, 3.63) is 30.1 Å². The molecule has 1 fully saturated rings. The maximum Gasteiger partial charge on any atom is 0.123 e. The van der Waals surface area contributed by atoms with Crippen LogP contribution in [-0.4, -0.2) is 50.3 Å². The van der Waals surface area contributed by atoms with E-state index in [1.807, 2.05) is 12.1 Å². The molecule has 0 radical (unpaired) electrons. The molecular weight excluding hydrogens is 243 g/mol. The van der Waals surface area contributed by atoms with E-state index in [-0.39, 0.29) is 5.82 Å². The zero-order valence-electron chi connectivity index (χ0n) is 11.8. The fraction of sp³-hybridized carbons (Fsp3) is 0.600. The third kappa shape index (κ3) is 4.48. The first kappa shape index (κ1) is 14.3. The summed E-state index contributed by atoms with van der Waals surface area (Å²) < 4.78 is 18.5. The smallest absolute Gasteiger partial charge is 0.123 e. The highest BCUT2D eigenvalue weighted by Crippen LogP contribution is 2.16. The molecule has 0 amide bonds. The summed E-state index contributed by atoms with van der Waals surface area (Å²) in [5.41, 5.74) is 1.11. The molecule has 0 saturated carbocycles. The van der Waals surface area contributed by atoms with Crippen LogP contribution >= 0.6 is 0 Å². The van der Waals surface area contributed by atoms with Crippen LogP contribution in [-0.2, 0) is 4.74 Å².